The van der Waals surface area contributed by atoms with Crippen LogP contribution in [-0.2, 0) is 4.74 Å². The minimum absolute atomic E-state index is 0. The number of carbonyl (C=O) groups excluding carboxylic acids is 1. The molecule has 0 aliphatic carbocycles. The van der Waals surface area contributed by atoms with Crippen molar-refractivity contribution < 1.29 is 13.9 Å². The maximum Gasteiger partial charge on any atom is 0.411 e. The number of halogens is 1. The molecule has 0 saturated carbocycles. The minimum Gasteiger partial charge on any atom is -0.446 e. The van der Waals surface area contributed by atoms with Crippen LogP contribution in [0.1, 0.15) is 38.4 Å². The summed E-state index contributed by atoms with van der Waals surface area (Å²) in [7, 11) is 0. The Bertz CT molecular complexity index is 456. The molecule has 1 aromatic heterocycles. The minimum atomic E-state index is -0.501. The third-order valence-corrected chi connectivity index (χ3v) is 2.79. The first-order valence-corrected chi connectivity index (χ1v) is 6.49. The molecule has 1 saturated heterocycles. The van der Waals surface area contributed by atoms with Gasteiger partial charge < -0.3 is 14.5 Å². The van der Waals surface area contributed by atoms with Crippen molar-refractivity contribution in [2.75, 3.05) is 19.6 Å². The van der Waals surface area contributed by atoms with E-state index in [2.05, 4.69) is 10.3 Å². The van der Waals surface area contributed by atoms with Crippen LogP contribution in [0.25, 0.3) is 0 Å². The molecule has 0 radical (unpaired) electrons. The van der Waals surface area contributed by atoms with Crippen LogP contribution in [0.15, 0.2) is 10.7 Å². The summed E-state index contributed by atoms with van der Waals surface area (Å²) < 4.78 is 10.8. The molecular formula is C13H22ClN3O3. The van der Waals surface area contributed by atoms with Crippen molar-refractivity contribution >= 4 is 18.5 Å². The van der Waals surface area contributed by atoms with Gasteiger partial charge in [0.2, 0.25) is 5.89 Å². The van der Waals surface area contributed by atoms with Crippen LogP contribution in [0.3, 0.4) is 0 Å². The lowest BCUT2D eigenvalue weighted by Crippen LogP contribution is -2.50. The van der Waals surface area contributed by atoms with Gasteiger partial charge in [0.1, 0.15) is 17.9 Å². The molecule has 1 amide bonds. The molecule has 20 heavy (non-hydrogen) atoms. The highest BCUT2D eigenvalue weighted by Gasteiger charge is 2.33. The zero-order valence-electron chi connectivity index (χ0n) is 12.3. The van der Waals surface area contributed by atoms with E-state index in [1.165, 1.54) is 0 Å². The van der Waals surface area contributed by atoms with E-state index in [1.54, 1.807) is 11.2 Å². The molecule has 6 nitrogen and oxygen atoms in total. The third-order valence-electron chi connectivity index (χ3n) is 2.79. The van der Waals surface area contributed by atoms with Gasteiger partial charge in [-0.15, -0.1) is 12.4 Å². The van der Waals surface area contributed by atoms with Gasteiger partial charge >= 0.3 is 6.09 Å². The second-order valence-corrected chi connectivity index (χ2v) is 5.72. The van der Waals surface area contributed by atoms with Crippen molar-refractivity contribution in [1.29, 1.82) is 0 Å². The Labute approximate surface area is 125 Å². The average Bonchev–Trinajstić information content (AvgIpc) is 2.73. The van der Waals surface area contributed by atoms with Gasteiger partial charge in [-0.25, -0.2) is 9.78 Å². The number of aromatic nitrogens is 1. The van der Waals surface area contributed by atoms with Crippen LogP contribution in [0.5, 0.6) is 0 Å². The Balaban J connectivity index is 0.00000200. The summed E-state index contributed by atoms with van der Waals surface area (Å²) in [6.07, 6.45) is 1.27. The van der Waals surface area contributed by atoms with Gasteiger partial charge in [-0.2, -0.15) is 0 Å². The number of nitrogens with one attached hydrogen (secondary N) is 1. The van der Waals surface area contributed by atoms with Gasteiger partial charge in [0.15, 0.2) is 0 Å². The summed E-state index contributed by atoms with van der Waals surface area (Å²) in [5.74, 6) is 0.551. The first-order chi connectivity index (χ1) is 8.87. The molecule has 114 valence electrons. The molecule has 7 heteroatoms. The number of amides is 1. The second kappa shape index (κ2) is 6.45. The van der Waals surface area contributed by atoms with E-state index in [4.69, 9.17) is 9.15 Å². The largest absolute Gasteiger partial charge is 0.446 e. The summed E-state index contributed by atoms with van der Waals surface area (Å²) >= 11 is 0. The van der Waals surface area contributed by atoms with Gasteiger partial charge in [-0.1, -0.05) is 0 Å². The van der Waals surface area contributed by atoms with Crippen LogP contribution >= 0.6 is 12.4 Å². The third kappa shape index (κ3) is 4.11. The second-order valence-electron chi connectivity index (χ2n) is 5.72. The Morgan fingerprint density at radius 2 is 2.25 bits per heavy atom. The monoisotopic (exact) mass is 303 g/mol. The van der Waals surface area contributed by atoms with Crippen LogP contribution in [0.2, 0.25) is 0 Å². The molecule has 0 spiro atoms. The molecule has 1 unspecified atom stereocenters. The summed E-state index contributed by atoms with van der Waals surface area (Å²) in [6, 6.07) is -0.211. The zero-order valence-corrected chi connectivity index (χ0v) is 13.1. The standard InChI is InChI=1S/C13H21N3O3.ClH/c1-9-8-18-11(15-9)10-7-14-5-6-16(10)12(17)19-13(2,3)4;/h8,10,14H,5-7H2,1-4H3;1H. The van der Waals surface area contributed by atoms with Crippen molar-refractivity contribution in [3.8, 4) is 0 Å². The smallest absolute Gasteiger partial charge is 0.411 e. The summed E-state index contributed by atoms with van der Waals surface area (Å²) in [6.45, 7) is 9.39. The Hall–Kier alpha value is -1.27. The van der Waals surface area contributed by atoms with E-state index in [-0.39, 0.29) is 24.5 Å². The van der Waals surface area contributed by atoms with Crippen molar-refractivity contribution in [2.24, 2.45) is 0 Å². The normalized spacial score (nSPS) is 19.4. The molecule has 2 rings (SSSR count). The van der Waals surface area contributed by atoms with Crippen molar-refractivity contribution in [1.82, 2.24) is 15.2 Å². The topological polar surface area (TPSA) is 67.6 Å². The molecule has 1 aliphatic rings. The van der Waals surface area contributed by atoms with E-state index in [1.807, 2.05) is 27.7 Å². The van der Waals surface area contributed by atoms with Gasteiger partial charge in [0.05, 0.1) is 5.69 Å². The molecule has 0 aromatic carbocycles. The number of aryl methyl sites for hydroxylation is 1. The van der Waals surface area contributed by atoms with E-state index >= 15 is 0 Å². The molecule has 0 bridgehead atoms. The van der Waals surface area contributed by atoms with Gasteiger partial charge in [-0.05, 0) is 27.7 Å². The Morgan fingerprint density at radius 1 is 1.55 bits per heavy atom. The Morgan fingerprint density at radius 3 is 2.80 bits per heavy atom. The maximum atomic E-state index is 12.2. The highest BCUT2D eigenvalue weighted by molar-refractivity contribution is 5.85. The van der Waals surface area contributed by atoms with Crippen molar-refractivity contribution in [2.45, 2.75) is 39.3 Å². The quantitative estimate of drug-likeness (QED) is 0.862. The highest BCUT2D eigenvalue weighted by atomic mass is 35.5. The predicted molar refractivity (Wildman–Crippen MR) is 77.0 cm³/mol. The first kappa shape index (κ1) is 16.8. The number of carbonyl (C=O) groups is 1. The lowest BCUT2D eigenvalue weighted by Gasteiger charge is -2.35. The number of piperazine rings is 1. The number of nitrogens with zero attached hydrogens (tertiary/aromatic N) is 2. The molecule has 2 heterocycles. The van der Waals surface area contributed by atoms with Gasteiger partial charge in [0.25, 0.3) is 0 Å². The fourth-order valence-electron chi connectivity index (χ4n) is 1.99. The first-order valence-electron chi connectivity index (χ1n) is 6.49. The molecule has 1 aromatic rings. The lowest BCUT2D eigenvalue weighted by molar-refractivity contribution is 0.00864. The number of ether oxygens (including phenoxy) is 1. The Kier molecular flexibility index (Phi) is 5.42. The van der Waals surface area contributed by atoms with Crippen molar-refractivity contribution in [3.05, 3.63) is 17.8 Å². The average molecular weight is 304 g/mol. The highest BCUT2D eigenvalue weighted by Crippen LogP contribution is 2.23. The van der Waals surface area contributed by atoms with Crippen LogP contribution in [-0.4, -0.2) is 41.2 Å². The van der Waals surface area contributed by atoms with Gasteiger partial charge in [0, 0.05) is 19.6 Å². The van der Waals surface area contributed by atoms with Crippen LogP contribution in [0, 0.1) is 6.92 Å². The van der Waals surface area contributed by atoms with E-state index in [0.717, 1.165) is 12.2 Å². The fourth-order valence-corrected chi connectivity index (χ4v) is 1.99. The van der Waals surface area contributed by atoms with E-state index in [9.17, 15) is 4.79 Å². The summed E-state index contributed by atoms with van der Waals surface area (Å²) in [5, 5.41) is 3.24. The molecular weight excluding hydrogens is 282 g/mol. The number of rotatable bonds is 1. The molecule has 1 atom stereocenters. The lowest BCUT2D eigenvalue weighted by atomic mass is 10.2. The zero-order chi connectivity index (χ0) is 14.0. The summed E-state index contributed by atoms with van der Waals surface area (Å²) in [4.78, 5) is 18.2. The van der Waals surface area contributed by atoms with E-state index in [0.29, 0.717) is 19.0 Å². The van der Waals surface area contributed by atoms with Crippen LogP contribution < -0.4 is 5.32 Å². The molecule has 1 N–H and O–H groups in total. The summed E-state index contributed by atoms with van der Waals surface area (Å²) in [5.41, 5.74) is 0.309. The molecule has 1 fully saturated rings. The van der Waals surface area contributed by atoms with Crippen LogP contribution in [0.4, 0.5) is 4.79 Å². The van der Waals surface area contributed by atoms with Gasteiger partial charge in [-0.3, -0.25) is 4.90 Å². The number of oxazole rings is 1. The predicted octanol–water partition coefficient (Wildman–Crippen LogP) is 2.29. The fraction of sp³-hybridized carbons (Fsp3) is 0.692. The van der Waals surface area contributed by atoms with Crippen molar-refractivity contribution in [3.63, 3.8) is 0 Å². The molecule has 1 aliphatic heterocycles. The maximum absolute atomic E-state index is 12.2. The SMILES string of the molecule is Cc1coc(C2CNCCN2C(=O)OC(C)(C)C)n1.Cl. The van der Waals surface area contributed by atoms with E-state index < -0.39 is 5.60 Å². The number of hydrogen-bond donors (Lipinski definition) is 1. The number of hydrogen-bond acceptors (Lipinski definition) is 5.